The van der Waals surface area contributed by atoms with Crippen LogP contribution in [0.5, 0.6) is 0 Å². The second kappa shape index (κ2) is 8.96. The summed E-state index contributed by atoms with van der Waals surface area (Å²) in [7, 11) is 0. The molecule has 0 fully saturated rings. The average molecular weight is 472 g/mol. The third kappa shape index (κ3) is 3.91. The zero-order chi connectivity index (χ0) is 24.6. The van der Waals surface area contributed by atoms with Crippen molar-refractivity contribution in [1.82, 2.24) is 0 Å². The van der Waals surface area contributed by atoms with Crippen molar-refractivity contribution in [3.63, 3.8) is 0 Å². The lowest BCUT2D eigenvalue weighted by Gasteiger charge is -2.26. The normalized spacial score (nSPS) is 11.2. The van der Waals surface area contributed by atoms with Gasteiger partial charge in [-0.25, -0.2) is 0 Å². The summed E-state index contributed by atoms with van der Waals surface area (Å²) in [5.41, 5.74) is 5.87. The predicted octanol–water partition coefficient (Wildman–Crippen LogP) is 10.3. The Hall–Kier alpha value is -4.88. The van der Waals surface area contributed by atoms with E-state index in [0.717, 1.165) is 17.1 Å². The SMILES string of the molecule is c1ccc(N(c2ccc(-c3ccc4c(ccc5ccccc54)c3)cc2)c2ccc3ccccc3c2)cc1. The summed E-state index contributed by atoms with van der Waals surface area (Å²) in [5.74, 6) is 0. The molecule has 0 aromatic heterocycles. The largest absolute Gasteiger partial charge is 0.310 e. The van der Waals surface area contributed by atoms with Crippen LogP contribution in [0.25, 0.3) is 43.4 Å². The van der Waals surface area contributed by atoms with Gasteiger partial charge in [0.05, 0.1) is 0 Å². The molecule has 0 unspecified atom stereocenters. The van der Waals surface area contributed by atoms with Crippen molar-refractivity contribution in [2.75, 3.05) is 4.90 Å². The van der Waals surface area contributed by atoms with Gasteiger partial charge in [-0.2, -0.15) is 0 Å². The summed E-state index contributed by atoms with van der Waals surface area (Å²) < 4.78 is 0. The minimum Gasteiger partial charge on any atom is -0.310 e. The smallest absolute Gasteiger partial charge is 0.0468 e. The van der Waals surface area contributed by atoms with Gasteiger partial charge in [0, 0.05) is 17.1 Å². The van der Waals surface area contributed by atoms with Gasteiger partial charge >= 0.3 is 0 Å². The highest BCUT2D eigenvalue weighted by Crippen LogP contribution is 2.37. The summed E-state index contributed by atoms with van der Waals surface area (Å²) in [4.78, 5) is 2.32. The molecule has 0 saturated carbocycles. The maximum atomic E-state index is 2.32. The summed E-state index contributed by atoms with van der Waals surface area (Å²) in [6.45, 7) is 0. The van der Waals surface area contributed by atoms with E-state index < -0.39 is 0 Å². The number of para-hydroxylation sites is 1. The fourth-order valence-corrected chi connectivity index (χ4v) is 5.34. The monoisotopic (exact) mass is 471 g/mol. The molecule has 1 heteroatoms. The molecule has 0 radical (unpaired) electrons. The molecule has 0 atom stereocenters. The van der Waals surface area contributed by atoms with Gasteiger partial charge in [-0.05, 0) is 85.9 Å². The van der Waals surface area contributed by atoms with Crippen molar-refractivity contribution in [3.8, 4) is 11.1 Å². The Bertz CT molecular complexity index is 1870. The third-order valence-electron chi connectivity index (χ3n) is 7.21. The van der Waals surface area contributed by atoms with Crippen LogP contribution >= 0.6 is 0 Å². The Morgan fingerprint density at radius 2 is 0.865 bits per heavy atom. The van der Waals surface area contributed by atoms with Crippen LogP contribution in [0.3, 0.4) is 0 Å². The standard InChI is InChI=1S/C36H25N/c1-2-11-32(12-3-1)37(34-22-18-26-8-4-5-10-29(26)25-34)33-20-16-27(17-21-33)30-19-23-36-31(24-30)15-14-28-9-6-7-13-35(28)36/h1-25H. The van der Waals surface area contributed by atoms with Crippen molar-refractivity contribution in [1.29, 1.82) is 0 Å². The first-order valence-corrected chi connectivity index (χ1v) is 12.7. The van der Waals surface area contributed by atoms with Crippen molar-refractivity contribution >= 4 is 49.4 Å². The minimum atomic E-state index is 1.14. The lowest BCUT2D eigenvalue weighted by Crippen LogP contribution is -2.09. The quantitative estimate of drug-likeness (QED) is 0.231. The Balaban J connectivity index is 1.29. The Morgan fingerprint density at radius 3 is 1.70 bits per heavy atom. The predicted molar refractivity (Wildman–Crippen MR) is 159 cm³/mol. The first-order chi connectivity index (χ1) is 18.3. The van der Waals surface area contributed by atoms with Gasteiger partial charge in [-0.3, -0.25) is 0 Å². The minimum absolute atomic E-state index is 1.14. The van der Waals surface area contributed by atoms with Crippen LogP contribution in [0.15, 0.2) is 152 Å². The van der Waals surface area contributed by atoms with Gasteiger partial charge in [-0.1, -0.05) is 109 Å². The van der Waals surface area contributed by atoms with Crippen molar-refractivity contribution in [2.24, 2.45) is 0 Å². The van der Waals surface area contributed by atoms with Crippen LogP contribution in [-0.4, -0.2) is 0 Å². The van der Waals surface area contributed by atoms with Crippen LogP contribution in [0.1, 0.15) is 0 Å². The van der Waals surface area contributed by atoms with Gasteiger partial charge < -0.3 is 4.90 Å². The first-order valence-electron chi connectivity index (χ1n) is 12.7. The van der Waals surface area contributed by atoms with Crippen LogP contribution in [0.2, 0.25) is 0 Å². The molecule has 1 nitrogen and oxygen atoms in total. The van der Waals surface area contributed by atoms with E-state index in [-0.39, 0.29) is 0 Å². The van der Waals surface area contributed by atoms with Crippen molar-refractivity contribution in [3.05, 3.63) is 152 Å². The number of nitrogens with zero attached hydrogens (tertiary/aromatic N) is 1. The number of hydrogen-bond donors (Lipinski definition) is 0. The third-order valence-corrected chi connectivity index (χ3v) is 7.21. The number of hydrogen-bond acceptors (Lipinski definition) is 1. The van der Waals surface area contributed by atoms with Crippen molar-refractivity contribution in [2.45, 2.75) is 0 Å². The molecule has 174 valence electrons. The van der Waals surface area contributed by atoms with E-state index >= 15 is 0 Å². The van der Waals surface area contributed by atoms with E-state index in [4.69, 9.17) is 0 Å². The van der Waals surface area contributed by atoms with Crippen LogP contribution in [0.4, 0.5) is 17.1 Å². The molecule has 0 aliphatic heterocycles. The molecule has 7 aromatic carbocycles. The Labute approximate surface area is 216 Å². The lowest BCUT2D eigenvalue weighted by atomic mass is 9.97. The molecule has 0 bridgehead atoms. The van der Waals surface area contributed by atoms with E-state index in [9.17, 15) is 0 Å². The average Bonchev–Trinajstić information content (AvgIpc) is 2.98. The number of anilines is 3. The molecule has 0 saturated heterocycles. The number of rotatable bonds is 4. The molecule has 7 rings (SSSR count). The van der Waals surface area contributed by atoms with E-state index in [0.29, 0.717) is 0 Å². The zero-order valence-corrected chi connectivity index (χ0v) is 20.4. The molecule has 37 heavy (non-hydrogen) atoms. The Kier molecular flexibility index (Phi) is 5.19. The fraction of sp³-hybridized carbons (Fsp3) is 0. The second-order valence-corrected chi connectivity index (χ2v) is 9.47. The van der Waals surface area contributed by atoms with E-state index in [2.05, 4.69) is 157 Å². The molecular formula is C36H25N. The van der Waals surface area contributed by atoms with E-state index in [1.165, 1.54) is 43.4 Å². The van der Waals surface area contributed by atoms with Gasteiger partial charge in [-0.15, -0.1) is 0 Å². The maximum absolute atomic E-state index is 2.32. The molecule has 0 heterocycles. The summed E-state index contributed by atoms with van der Waals surface area (Å²) >= 11 is 0. The topological polar surface area (TPSA) is 3.24 Å². The number of fused-ring (bicyclic) bond motifs is 4. The maximum Gasteiger partial charge on any atom is 0.0468 e. The first kappa shape index (κ1) is 21.4. The Morgan fingerprint density at radius 1 is 0.297 bits per heavy atom. The molecule has 0 amide bonds. The zero-order valence-electron chi connectivity index (χ0n) is 20.4. The molecule has 0 aliphatic carbocycles. The van der Waals surface area contributed by atoms with Gasteiger partial charge in [0.15, 0.2) is 0 Å². The highest BCUT2D eigenvalue weighted by atomic mass is 15.1. The van der Waals surface area contributed by atoms with E-state index in [1.807, 2.05) is 0 Å². The van der Waals surface area contributed by atoms with Crippen molar-refractivity contribution < 1.29 is 0 Å². The van der Waals surface area contributed by atoms with Gasteiger partial charge in [0.25, 0.3) is 0 Å². The molecule has 0 aliphatic rings. The summed E-state index contributed by atoms with van der Waals surface area (Å²) in [5, 5.41) is 7.63. The second-order valence-electron chi connectivity index (χ2n) is 9.47. The van der Waals surface area contributed by atoms with Crippen LogP contribution < -0.4 is 4.90 Å². The van der Waals surface area contributed by atoms with Crippen LogP contribution in [0, 0.1) is 0 Å². The highest BCUT2D eigenvalue weighted by molar-refractivity contribution is 6.08. The molecule has 7 aromatic rings. The molecule has 0 spiro atoms. The molecule has 0 N–H and O–H groups in total. The fourth-order valence-electron chi connectivity index (χ4n) is 5.34. The lowest BCUT2D eigenvalue weighted by molar-refractivity contribution is 1.29. The number of benzene rings is 7. The van der Waals surface area contributed by atoms with E-state index in [1.54, 1.807) is 0 Å². The summed E-state index contributed by atoms with van der Waals surface area (Å²) in [6.07, 6.45) is 0. The summed E-state index contributed by atoms with van der Waals surface area (Å²) in [6, 6.07) is 54.5. The highest BCUT2D eigenvalue weighted by Gasteiger charge is 2.13. The molecular weight excluding hydrogens is 446 g/mol. The van der Waals surface area contributed by atoms with Crippen LogP contribution in [-0.2, 0) is 0 Å². The van der Waals surface area contributed by atoms with Gasteiger partial charge in [0.2, 0.25) is 0 Å². The van der Waals surface area contributed by atoms with Gasteiger partial charge in [0.1, 0.15) is 0 Å².